The van der Waals surface area contributed by atoms with Crippen molar-refractivity contribution in [2.24, 2.45) is 0 Å². The number of rotatable bonds is 5. The summed E-state index contributed by atoms with van der Waals surface area (Å²) in [6.07, 6.45) is 6.13. The Labute approximate surface area is 195 Å². The minimum Gasteiger partial charge on any atom is -0.393 e. The standard InChI is InChI=1S/C13H20N2O2.C12H6F3NO/c1-3-10-6-9(16)7-13(17-10)11-4-5-15-8-12(11)14-2;13-8-2-1-3-9(14)11(8)12-10(15)5-4-7(6-17)16-12/h4-5,8-10,13-14,16H,3,6-7H2,1-2H3;1-6H/t9?,10-,13?;/m1./s1. The quantitative estimate of drug-likeness (QED) is 0.502. The number of aliphatic hydroxyl groups excluding tert-OH is 1. The summed E-state index contributed by atoms with van der Waals surface area (Å²) in [6.45, 7) is 2.09. The molecule has 4 rings (SSSR count). The molecular weight excluding hydrogens is 447 g/mol. The Kier molecular flexibility index (Phi) is 8.72. The number of aliphatic hydroxyl groups is 1. The predicted octanol–water partition coefficient (Wildman–Crippen LogP) is 5.09. The molecule has 6 nitrogen and oxygen atoms in total. The Morgan fingerprint density at radius 2 is 1.85 bits per heavy atom. The van der Waals surface area contributed by atoms with Gasteiger partial charge in [0.1, 0.15) is 28.8 Å². The van der Waals surface area contributed by atoms with E-state index in [0.717, 1.165) is 54.4 Å². The molecule has 0 saturated carbocycles. The molecule has 3 aromatic rings. The molecule has 1 fully saturated rings. The normalized spacial score (nSPS) is 19.6. The number of carbonyl (C=O) groups is 1. The van der Waals surface area contributed by atoms with Gasteiger partial charge < -0.3 is 15.2 Å². The van der Waals surface area contributed by atoms with Gasteiger partial charge in [-0.2, -0.15) is 0 Å². The van der Waals surface area contributed by atoms with Crippen LogP contribution >= 0.6 is 0 Å². The molecule has 180 valence electrons. The first-order valence-electron chi connectivity index (χ1n) is 10.9. The van der Waals surface area contributed by atoms with Gasteiger partial charge in [-0.3, -0.25) is 9.78 Å². The maximum Gasteiger partial charge on any atom is 0.168 e. The van der Waals surface area contributed by atoms with E-state index >= 15 is 0 Å². The van der Waals surface area contributed by atoms with Gasteiger partial charge in [0.05, 0.1) is 35.8 Å². The monoisotopic (exact) mass is 473 g/mol. The van der Waals surface area contributed by atoms with E-state index in [1.165, 1.54) is 0 Å². The third kappa shape index (κ3) is 5.98. The van der Waals surface area contributed by atoms with Crippen LogP contribution in [0.2, 0.25) is 0 Å². The molecule has 2 aromatic heterocycles. The van der Waals surface area contributed by atoms with Gasteiger partial charge in [-0.25, -0.2) is 18.2 Å². The van der Waals surface area contributed by atoms with Crippen molar-refractivity contribution in [3.8, 4) is 11.3 Å². The van der Waals surface area contributed by atoms with Gasteiger partial charge in [-0.15, -0.1) is 0 Å². The van der Waals surface area contributed by atoms with E-state index in [4.69, 9.17) is 4.74 Å². The molecule has 9 heteroatoms. The van der Waals surface area contributed by atoms with Crippen molar-refractivity contribution in [3.05, 3.63) is 77.5 Å². The second-order valence-electron chi connectivity index (χ2n) is 7.77. The number of anilines is 1. The van der Waals surface area contributed by atoms with Crippen molar-refractivity contribution in [1.82, 2.24) is 9.97 Å². The first-order valence-corrected chi connectivity index (χ1v) is 10.9. The molecule has 34 heavy (non-hydrogen) atoms. The fourth-order valence-corrected chi connectivity index (χ4v) is 3.77. The fraction of sp³-hybridized carbons (Fsp3) is 0.320. The maximum atomic E-state index is 13.4. The van der Waals surface area contributed by atoms with Crippen LogP contribution in [0.1, 0.15) is 48.3 Å². The third-order valence-electron chi connectivity index (χ3n) is 5.49. The number of aromatic nitrogens is 2. The van der Waals surface area contributed by atoms with E-state index < -0.39 is 28.7 Å². The van der Waals surface area contributed by atoms with Crippen LogP contribution in [0, 0.1) is 17.5 Å². The highest BCUT2D eigenvalue weighted by atomic mass is 19.1. The van der Waals surface area contributed by atoms with Gasteiger partial charge >= 0.3 is 0 Å². The summed E-state index contributed by atoms with van der Waals surface area (Å²) < 4.78 is 46.3. The summed E-state index contributed by atoms with van der Waals surface area (Å²) >= 11 is 0. The molecule has 1 aliphatic rings. The van der Waals surface area contributed by atoms with Crippen LogP contribution in [-0.2, 0) is 4.74 Å². The first kappa shape index (κ1) is 25.3. The number of carbonyl (C=O) groups excluding carboxylic acids is 1. The van der Waals surface area contributed by atoms with Crippen molar-refractivity contribution < 1.29 is 27.8 Å². The average molecular weight is 473 g/mol. The number of halogens is 3. The van der Waals surface area contributed by atoms with E-state index in [1.807, 2.05) is 13.1 Å². The Morgan fingerprint density at radius 3 is 2.50 bits per heavy atom. The molecule has 1 saturated heterocycles. The topological polar surface area (TPSA) is 84.3 Å². The van der Waals surface area contributed by atoms with Crippen molar-refractivity contribution in [2.45, 2.75) is 44.5 Å². The summed E-state index contributed by atoms with van der Waals surface area (Å²) in [4.78, 5) is 18.1. The number of pyridine rings is 2. The number of ether oxygens (including phenoxy) is 1. The van der Waals surface area contributed by atoms with Crippen LogP contribution < -0.4 is 5.32 Å². The molecule has 2 unspecified atom stereocenters. The third-order valence-corrected chi connectivity index (χ3v) is 5.49. The zero-order valence-electron chi connectivity index (χ0n) is 18.8. The molecule has 0 radical (unpaired) electrons. The largest absolute Gasteiger partial charge is 0.393 e. The molecule has 0 bridgehead atoms. The van der Waals surface area contributed by atoms with E-state index in [1.54, 1.807) is 12.4 Å². The Bertz CT molecular complexity index is 1110. The van der Waals surface area contributed by atoms with E-state index in [9.17, 15) is 23.1 Å². The fourth-order valence-electron chi connectivity index (χ4n) is 3.77. The smallest absolute Gasteiger partial charge is 0.168 e. The van der Waals surface area contributed by atoms with Gasteiger partial charge in [0, 0.05) is 25.2 Å². The lowest BCUT2D eigenvalue weighted by molar-refractivity contribution is -0.0980. The highest BCUT2D eigenvalue weighted by Gasteiger charge is 2.29. The molecule has 1 aromatic carbocycles. The highest BCUT2D eigenvalue weighted by Crippen LogP contribution is 2.35. The summed E-state index contributed by atoms with van der Waals surface area (Å²) in [7, 11) is 1.87. The summed E-state index contributed by atoms with van der Waals surface area (Å²) in [6, 6.07) is 7.18. The zero-order valence-corrected chi connectivity index (χ0v) is 18.8. The van der Waals surface area contributed by atoms with Crippen molar-refractivity contribution in [2.75, 3.05) is 12.4 Å². The Hall–Kier alpha value is -3.30. The van der Waals surface area contributed by atoms with Crippen LogP contribution in [0.15, 0.2) is 48.8 Å². The van der Waals surface area contributed by atoms with Crippen LogP contribution in [0.4, 0.5) is 18.9 Å². The van der Waals surface area contributed by atoms with Crippen LogP contribution in [-0.4, -0.2) is 40.6 Å². The van der Waals surface area contributed by atoms with Crippen molar-refractivity contribution >= 4 is 12.0 Å². The van der Waals surface area contributed by atoms with E-state index in [-0.39, 0.29) is 24.0 Å². The lowest BCUT2D eigenvalue weighted by Gasteiger charge is -2.33. The Balaban J connectivity index is 0.000000191. The molecular formula is C25H26F3N3O3. The molecule has 0 aliphatic carbocycles. The molecule has 1 aliphatic heterocycles. The average Bonchev–Trinajstić information content (AvgIpc) is 2.85. The van der Waals surface area contributed by atoms with Crippen LogP contribution in [0.5, 0.6) is 0 Å². The van der Waals surface area contributed by atoms with Gasteiger partial charge in [0.2, 0.25) is 0 Å². The number of nitrogens with one attached hydrogen (secondary N) is 1. The SMILES string of the molecule is CC[C@@H]1CC(O)CC(c2ccncc2NC)O1.O=Cc1ccc(F)c(-c2c(F)cccc2F)n1. The molecule has 3 heterocycles. The Morgan fingerprint density at radius 1 is 1.12 bits per heavy atom. The van der Waals surface area contributed by atoms with Crippen LogP contribution in [0.25, 0.3) is 11.3 Å². The minimum atomic E-state index is -0.931. The molecule has 2 N–H and O–H groups in total. The number of hydrogen-bond acceptors (Lipinski definition) is 6. The number of benzene rings is 1. The van der Waals surface area contributed by atoms with Gasteiger partial charge in [0.15, 0.2) is 6.29 Å². The number of aldehydes is 1. The number of hydrogen-bond donors (Lipinski definition) is 2. The molecule has 3 atom stereocenters. The van der Waals surface area contributed by atoms with Crippen molar-refractivity contribution in [3.63, 3.8) is 0 Å². The number of nitrogens with zero attached hydrogens (tertiary/aromatic N) is 2. The second kappa shape index (κ2) is 11.7. The highest BCUT2D eigenvalue weighted by molar-refractivity contribution is 5.74. The summed E-state index contributed by atoms with van der Waals surface area (Å²) in [5, 5.41) is 13.0. The first-order chi connectivity index (χ1) is 16.4. The predicted molar refractivity (Wildman–Crippen MR) is 122 cm³/mol. The van der Waals surface area contributed by atoms with E-state index in [0.29, 0.717) is 12.7 Å². The minimum absolute atomic E-state index is 0.0332. The van der Waals surface area contributed by atoms with Gasteiger partial charge in [-0.1, -0.05) is 13.0 Å². The maximum absolute atomic E-state index is 13.4. The summed E-state index contributed by atoms with van der Waals surface area (Å²) in [5.41, 5.74) is 0.879. The second-order valence-corrected chi connectivity index (χ2v) is 7.77. The molecule has 0 spiro atoms. The van der Waals surface area contributed by atoms with E-state index in [2.05, 4.69) is 22.2 Å². The van der Waals surface area contributed by atoms with Crippen molar-refractivity contribution in [1.29, 1.82) is 0 Å². The summed E-state index contributed by atoms with van der Waals surface area (Å²) in [5.74, 6) is -2.75. The van der Waals surface area contributed by atoms with Gasteiger partial charge in [0.25, 0.3) is 0 Å². The lowest BCUT2D eigenvalue weighted by Crippen LogP contribution is -2.31. The van der Waals surface area contributed by atoms with Crippen LogP contribution in [0.3, 0.4) is 0 Å². The van der Waals surface area contributed by atoms with Gasteiger partial charge in [-0.05, 0) is 43.2 Å². The zero-order chi connectivity index (χ0) is 24.7. The lowest BCUT2D eigenvalue weighted by atomic mass is 9.95. The molecule has 0 amide bonds.